The van der Waals surface area contributed by atoms with Crippen LogP contribution in [0.2, 0.25) is 0 Å². The van der Waals surface area contributed by atoms with Crippen molar-refractivity contribution in [3.05, 3.63) is 35.4 Å². The zero-order chi connectivity index (χ0) is 13.1. The van der Waals surface area contributed by atoms with Gasteiger partial charge in [-0.1, -0.05) is 30.7 Å². The number of Topliss-reactive ketones (excluding diaryl/α,β-unsaturated/α-hetero) is 1. The largest absolute Gasteiger partial charge is 0.300 e. The molecule has 1 aromatic rings. The third-order valence-electron chi connectivity index (χ3n) is 3.88. The van der Waals surface area contributed by atoms with Gasteiger partial charge in [0.1, 0.15) is 0 Å². The second kappa shape index (κ2) is 5.66. The Morgan fingerprint density at radius 2 is 2.17 bits per heavy atom. The summed E-state index contributed by atoms with van der Waals surface area (Å²) in [6.45, 7) is 8.63. The highest BCUT2D eigenvalue weighted by Crippen LogP contribution is 2.22. The first-order valence-electron chi connectivity index (χ1n) is 6.90. The molecule has 0 spiro atoms. The molecule has 98 valence electrons. The molecule has 0 N–H and O–H groups in total. The summed E-state index contributed by atoms with van der Waals surface area (Å²) in [6, 6.07) is 8.53. The van der Waals surface area contributed by atoms with Crippen LogP contribution < -0.4 is 0 Å². The van der Waals surface area contributed by atoms with Gasteiger partial charge in [0.2, 0.25) is 0 Å². The highest BCUT2D eigenvalue weighted by atomic mass is 16.1. The molecule has 0 radical (unpaired) electrons. The molecule has 0 aliphatic carbocycles. The van der Waals surface area contributed by atoms with Crippen molar-refractivity contribution < 1.29 is 4.79 Å². The third kappa shape index (κ3) is 3.20. The third-order valence-corrected chi connectivity index (χ3v) is 3.88. The van der Waals surface area contributed by atoms with E-state index in [1.807, 2.05) is 31.2 Å². The van der Waals surface area contributed by atoms with Crippen LogP contribution in [0.15, 0.2) is 24.3 Å². The molecular formula is C16H23NO. The average Bonchev–Trinajstić information content (AvgIpc) is 2.65. The summed E-state index contributed by atoms with van der Waals surface area (Å²) in [4.78, 5) is 14.6. The number of aryl methyl sites for hydroxylation is 1. The topological polar surface area (TPSA) is 20.3 Å². The quantitative estimate of drug-likeness (QED) is 0.759. The van der Waals surface area contributed by atoms with E-state index < -0.39 is 0 Å². The summed E-state index contributed by atoms with van der Waals surface area (Å²) in [5, 5.41) is 0. The summed E-state index contributed by atoms with van der Waals surface area (Å²) >= 11 is 0. The van der Waals surface area contributed by atoms with Crippen LogP contribution in [0, 0.1) is 12.8 Å². The van der Waals surface area contributed by atoms with Crippen molar-refractivity contribution in [3.63, 3.8) is 0 Å². The van der Waals surface area contributed by atoms with Crippen LogP contribution in [-0.2, 0) is 0 Å². The van der Waals surface area contributed by atoms with Crippen LogP contribution >= 0.6 is 0 Å². The molecule has 2 heteroatoms. The fourth-order valence-corrected chi connectivity index (χ4v) is 2.91. The Bertz CT molecular complexity index is 427. The minimum absolute atomic E-state index is 0.269. The zero-order valence-electron chi connectivity index (χ0n) is 11.6. The molecule has 1 saturated heterocycles. The molecule has 2 unspecified atom stereocenters. The Morgan fingerprint density at radius 3 is 2.78 bits per heavy atom. The molecule has 1 aliphatic heterocycles. The predicted molar refractivity (Wildman–Crippen MR) is 74.9 cm³/mol. The van der Waals surface area contributed by atoms with E-state index in [2.05, 4.69) is 18.7 Å². The van der Waals surface area contributed by atoms with Crippen molar-refractivity contribution >= 4 is 5.78 Å². The zero-order valence-corrected chi connectivity index (χ0v) is 11.6. The molecular weight excluding hydrogens is 222 g/mol. The van der Waals surface area contributed by atoms with Gasteiger partial charge in [0.15, 0.2) is 5.78 Å². The monoisotopic (exact) mass is 245 g/mol. The molecule has 0 amide bonds. The normalized spacial score (nSPS) is 24.4. The lowest BCUT2D eigenvalue weighted by atomic mass is 10.1. The Labute approximate surface area is 110 Å². The molecule has 18 heavy (non-hydrogen) atoms. The van der Waals surface area contributed by atoms with Crippen LogP contribution in [0.25, 0.3) is 0 Å². The first kappa shape index (κ1) is 13.3. The van der Waals surface area contributed by atoms with Crippen LogP contribution in [0.5, 0.6) is 0 Å². The van der Waals surface area contributed by atoms with E-state index in [9.17, 15) is 4.79 Å². The van der Waals surface area contributed by atoms with Crippen molar-refractivity contribution in [3.8, 4) is 0 Å². The van der Waals surface area contributed by atoms with Crippen molar-refractivity contribution in [1.82, 2.24) is 4.90 Å². The van der Waals surface area contributed by atoms with Gasteiger partial charge in [-0.3, -0.25) is 9.69 Å². The first-order chi connectivity index (χ1) is 8.56. The summed E-state index contributed by atoms with van der Waals surface area (Å²) in [6.07, 6.45) is 1.90. The SMILES string of the molecule is Cc1cccc(C(=O)CCN2CC(C)CC2C)c1. The molecule has 1 aromatic carbocycles. The van der Waals surface area contributed by atoms with Gasteiger partial charge >= 0.3 is 0 Å². The Kier molecular flexibility index (Phi) is 4.18. The Hall–Kier alpha value is -1.15. The van der Waals surface area contributed by atoms with E-state index in [1.54, 1.807) is 0 Å². The maximum absolute atomic E-state index is 12.1. The van der Waals surface area contributed by atoms with Gasteiger partial charge in [-0.15, -0.1) is 0 Å². The predicted octanol–water partition coefficient (Wildman–Crippen LogP) is 3.30. The van der Waals surface area contributed by atoms with Crippen LogP contribution in [0.4, 0.5) is 0 Å². The van der Waals surface area contributed by atoms with Gasteiger partial charge in [-0.2, -0.15) is 0 Å². The maximum atomic E-state index is 12.1. The number of hydrogen-bond acceptors (Lipinski definition) is 2. The summed E-state index contributed by atoms with van der Waals surface area (Å²) in [5.74, 6) is 1.04. The Balaban J connectivity index is 1.89. The van der Waals surface area contributed by atoms with Crippen molar-refractivity contribution in [2.24, 2.45) is 5.92 Å². The summed E-state index contributed by atoms with van der Waals surface area (Å²) < 4.78 is 0. The van der Waals surface area contributed by atoms with Crippen LogP contribution in [-0.4, -0.2) is 29.8 Å². The van der Waals surface area contributed by atoms with E-state index in [0.29, 0.717) is 12.5 Å². The molecule has 0 saturated carbocycles. The number of ketones is 1. The highest BCUT2D eigenvalue weighted by molar-refractivity contribution is 5.96. The molecule has 2 atom stereocenters. The number of rotatable bonds is 4. The fourth-order valence-electron chi connectivity index (χ4n) is 2.91. The molecule has 1 aliphatic rings. The number of carbonyl (C=O) groups is 1. The standard InChI is InChI=1S/C16H23NO/c1-12-5-4-6-15(10-12)16(18)7-8-17-11-13(2)9-14(17)3/h4-6,10,13-14H,7-9,11H2,1-3H3. The average molecular weight is 245 g/mol. The van der Waals surface area contributed by atoms with Crippen molar-refractivity contribution in [1.29, 1.82) is 0 Å². The highest BCUT2D eigenvalue weighted by Gasteiger charge is 2.25. The smallest absolute Gasteiger partial charge is 0.164 e. The number of hydrogen-bond donors (Lipinski definition) is 0. The van der Waals surface area contributed by atoms with Crippen LogP contribution in [0.3, 0.4) is 0 Å². The second-order valence-corrected chi connectivity index (χ2v) is 5.73. The van der Waals surface area contributed by atoms with Crippen molar-refractivity contribution in [2.45, 2.75) is 39.7 Å². The van der Waals surface area contributed by atoms with Gasteiger partial charge < -0.3 is 0 Å². The molecule has 2 rings (SSSR count). The first-order valence-corrected chi connectivity index (χ1v) is 6.90. The number of nitrogens with zero attached hydrogens (tertiary/aromatic N) is 1. The van der Waals surface area contributed by atoms with E-state index in [1.165, 1.54) is 6.42 Å². The molecule has 1 heterocycles. The lowest BCUT2D eigenvalue weighted by Crippen LogP contribution is -2.29. The van der Waals surface area contributed by atoms with Gasteiger partial charge in [-0.25, -0.2) is 0 Å². The number of carbonyl (C=O) groups excluding carboxylic acids is 1. The summed E-state index contributed by atoms with van der Waals surface area (Å²) in [5.41, 5.74) is 2.01. The molecule has 0 aromatic heterocycles. The van der Waals surface area contributed by atoms with E-state index in [0.717, 1.165) is 30.1 Å². The van der Waals surface area contributed by atoms with E-state index in [-0.39, 0.29) is 5.78 Å². The second-order valence-electron chi connectivity index (χ2n) is 5.73. The van der Waals surface area contributed by atoms with E-state index in [4.69, 9.17) is 0 Å². The lowest BCUT2D eigenvalue weighted by molar-refractivity contribution is 0.0962. The Morgan fingerprint density at radius 1 is 1.39 bits per heavy atom. The summed E-state index contributed by atoms with van der Waals surface area (Å²) in [7, 11) is 0. The lowest BCUT2D eigenvalue weighted by Gasteiger charge is -2.20. The molecule has 0 bridgehead atoms. The fraction of sp³-hybridized carbons (Fsp3) is 0.562. The maximum Gasteiger partial charge on any atom is 0.164 e. The minimum atomic E-state index is 0.269. The van der Waals surface area contributed by atoms with Gasteiger partial charge in [0, 0.05) is 31.1 Å². The van der Waals surface area contributed by atoms with Gasteiger partial charge in [0.05, 0.1) is 0 Å². The van der Waals surface area contributed by atoms with Gasteiger partial charge in [0.25, 0.3) is 0 Å². The van der Waals surface area contributed by atoms with Gasteiger partial charge in [-0.05, 0) is 32.3 Å². The number of benzene rings is 1. The molecule has 1 fully saturated rings. The van der Waals surface area contributed by atoms with Crippen LogP contribution in [0.1, 0.15) is 42.6 Å². The molecule has 2 nitrogen and oxygen atoms in total. The minimum Gasteiger partial charge on any atom is -0.300 e. The van der Waals surface area contributed by atoms with Crippen molar-refractivity contribution in [2.75, 3.05) is 13.1 Å². The van der Waals surface area contributed by atoms with E-state index >= 15 is 0 Å². The number of likely N-dealkylation sites (tertiary alicyclic amines) is 1.